The zero-order valence-electron chi connectivity index (χ0n) is 14.8. The molecule has 2 N–H and O–H groups in total. The van der Waals surface area contributed by atoms with Crippen LogP contribution in [-0.4, -0.2) is 16.8 Å². The molecule has 2 aromatic rings. The second-order valence-electron chi connectivity index (χ2n) is 7.51. The van der Waals surface area contributed by atoms with E-state index in [0.717, 1.165) is 19.3 Å². The van der Waals surface area contributed by atoms with E-state index in [4.69, 9.17) is 0 Å². The fourth-order valence-electron chi connectivity index (χ4n) is 3.12. The summed E-state index contributed by atoms with van der Waals surface area (Å²) in [5.41, 5.74) is 6.89. The molecule has 2 amide bonds. The number of nitrogens with zero attached hydrogens (tertiary/aromatic N) is 1. The van der Waals surface area contributed by atoms with E-state index in [1.165, 1.54) is 28.0 Å². The second kappa shape index (κ2) is 6.96. The summed E-state index contributed by atoms with van der Waals surface area (Å²) in [7, 11) is 0. The summed E-state index contributed by atoms with van der Waals surface area (Å²) in [5, 5.41) is 0. The van der Waals surface area contributed by atoms with Gasteiger partial charge in [0.05, 0.1) is 10.4 Å². The quantitative estimate of drug-likeness (QED) is 0.810. The Labute approximate surface area is 151 Å². The second-order valence-corrected chi connectivity index (χ2v) is 8.65. The summed E-state index contributed by atoms with van der Waals surface area (Å²) in [5.74, 6) is -0.0182. The minimum atomic E-state index is -0.379. The first-order valence-electron chi connectivity index (χ1n) is 8.47. The Kier molecular flexibility index (Phi) is 4.90. The number of pyridine rings is 1. The summed E-state index contributed by atoms with van der Waals surface area (Å²) in [6, 6.07) is 5.30. The molecule has 3 rings (SSSR count). The predicted octanol–water partition coefficient (Wildman–Crippen LogP) is 3.37. The molecule has 1 atom stereocenters. The average Bonchev–Trinajstić information content (AvgIpc) is 3.02. The Balaban J connectivity index is 1.63. The van der Waals surface area contributed by atoms with Crippen LogP contribution in [-0.2, 0) is 12.8 Å². The van der Waals surface area contributed by atoms with Crippen molar-refractivity contribution >= 4 is 23.2 Å². The molecule has 25 heavy (non-hydrogen) atoms. The number of carbonyl (C=O) groups is 2. The lowest BCUT2D eigenvalue weighted by Gasteiger charge is -2.33. The first kappa shape index (κ1) is 17.6. The van der Waals surface area contributed by atoms with Gasteiger partial charge in [0.1, 0.15) is 0 Å². The standard InChI is InChI=1S/C19H23N3O2S/c1-19(2,3)14-6-7-15-13(9-14)10-16(25-15)18(24)22-21-17(23)12-5-4-8-20-11-12/h4-5,8,10-11,14H,6-7,9H2,1-3H3,(H,21,23)(H,22,24). The van der Waals surface area contributed by atoms with Gasteiger partial charge in [0.15, 0.2) is 0 Å². The number of fused-ring (bicyclic) bond motifs is 1. The molecule has 1 unspecified atom stereocenters. The zero-order chi connectivity index (χ0) is 18.0. The van der Waals surface area contributed by atoms with Gasteiger partial charge in [0.2, 0.25) is 0 Å². The normalized spacial score (nSPS) is 16.8. The Morgan fingerprint density at radius 1 is 1.24 bits per heavy atom. The van der Waals surface area contributed by atoms with E-state index in [1.54, 1.807) is 18.3 Å². The fraction of sp³-hybridized carbons (Fsp3) is 0.421. The van der Waals surface area contributed by atoms with Gasteiger partial charge in [-0.1, -0.05) is 20.8 Å². The molecule has 0 radical (unpaired) electrons. The lowest BCUT2D eigenvalue weighted by molar-refractivity contribution is 0.0848. The number of hydrogen-bond donors (Lipinski definition) is 2. The van der Waals surface area contributed by atoms with E-state index in [9.17, 15) is 9.59 Å². The molecule has 0 spiro atoms. The Bertz CT molecular complexity index is 778. The highest BCUT2D eigenvalue weighted by atomic mass is 32.1. The van der Waals surface area contributed by atoms with Crippen molar-refractivity contribution in [2.24, 2.45) is 11.3 Å². The first-order valence-corrected chi connectivity index (χ1v) is 9.28. The maximum atomic E-state index is 12.3. The number of aromatic nitrogens is 1. The van der Waals surface area contributed by atoms with Crippen LogP contribution in [0.1, 0.15) is 57.7 Å². The molecule has 5 nitrogen and oxygen atoms in total. The van der Waals surface area contributed by atoms with Crippen molar-refractivity contribution in [2.75, 3.05) is 0 Å². The van der Waals surface area contributed by atoms with Crippen LogP contribution in [0.5, 0.6) is 0 Å². The smallest absolute Gasteiger partial charge is 0.267 e. The topological polar surface area (TPSA) is 71.1 Å². The number of hydrogen-bond acceptors (Lipinski definition) is 4. The van der Waals surface area contributed by atoms with Gasteiger partial charge in [-0.3, -0.25) is 25.4 Å². The molecule has 132 valence electrons. The van der Waals surface area contributed by atoms with E-state index >= 15 is 0 Å². The summed E-state index contributed by atoms with van der Waals surface area (Å²) >= 11 is 1.53. The molecule has 1 aliphatic rings. The maximum absolute atomic E-state index is 12.3. The highest BCUT2D eigenvalue weighted by Crippen LogP contribution is 2.40. The van der Waals surface area contributed by atoms with Crippen molar-refractivity contribution in [1.82, 2.24) is 15.8 Å². The SMILES string of the molecule is CC(C)(C)C1CCc2sc(C(=O)NNC(=O)c3cccnc3)cc2C1. The van der Waals surface area contributed by atoms with Crippen molar-refractivity contribution in [3.63, 3.8) is 0 Å². The molecule has 0 bridgehead atoms. The summed E-state index contributed by atoms with van der Waals surface area (Å²) in [4.78, 5) is 30.1. The summed E-state index contributed by atoms with van der Waals surface area (Å²) < 4.78 is 0. The Morgan fingerprint density at radius 3 is 2.68 bits per heavy atom. The molecular formula is C19H23N3O2S. The number of hydrazine groups is 1. The van der Waals surface area contributed by atoms with Gasteiger partial charge in [-0.05, 0) is 54.4 Å². The third-order valence-electron chi connectivity index (χ3n) is 4.74. The lowest BCUT2D eigenvalue weighted by atomic mass is 9.72. The molecule has 0 fully saturated rings. The number of nitrogens with one attached hydrogen (secondary N) is 2. The Morgan fingerprint density at radius 2 is 2.00 bits per heavy atom. The van der Waals surface area contributed by atoms with Crippen molar-refractivity contribution in [1.29, 1.82) is 0 Å². The Hall–Kier alpha value is -2.21. The number of thiophene rings is 1. The van der Waals surface area contributed by atoms with Crippen LogP contribution in [0.15, 0.2) is 30.6 Å². The molecule has 0 saturated heterocycles. The van der Waals surface area contributed by atoms with Gasteiger partial charge in [-0.2, -0.15) is 0 Å². The number of aryl methyl sites for hydroxylation is 1. The largest absolute Gasteiger partial charge is 0.279 e. The predicted molar refractivity (Wildman–Crippen MR) is 98.5 cm³/mol. The minimum absolute atomic E-state index is 0.274. The van der Waals surface area contributed by atoms with Crippen LogP contribution in [0.25, 0.3) is 0 Å². The average molecular weight is 357 g/mol. The van der Waals surface area contributed by atoms with E-state index < -0.39 is 0 Å². The van der Waals surface area contributed by atoms with Gasteiger partial charge in [-0.25, -0.2) is 0 Å². The fourth-order valence-corrected chi connectivity index (χ4v) is 4.22. The third kappa shape index (κ3) is 4.07. The summed E-state index contributed by atoms with van der Waals surface area (Å²) in [6.45, 7) is 6.82. The third-order valence-corrected chi connectivity index (χ3v) is 5.98. The molecule has 2 heterocycles. The van der Waals surface area contributed by atoms with Gasteiger partial charge in [0.25, 0.3) is 11.8 Å². The van der Waals surface area contributed by atoms with Crippen LogP contribution in [0.4, 0.5) is 0 Å². The monoisotopic (exact) mass is 357 g/mol. The molecule has 0 saturated carbocycles. The van der Waals surface area contributed by atoms with E-state index in [-0.39, 0.29) is 17.2 Å². The highest BCUT2D eigenvalue weighted by Gasteiger charge is 2.30. The maximum Gasteiger partial charge on any atom is 0.279 e. The molecule has 0 aliphatic heterocycles. The van der Waals surface area contributed by atoms with Crippen LogP contribution < -0.4 is 10.9 Å². The van der Waals surface area contributed by atoms with E-state index in [1.807, 2.05) is 6.07 Å². The zero-order valence-corrected chi connectivity index (χ0v) is 15.6. The molecule has 1 aliphatic carbocycles. The van der Waals surface area contributed by atoms with Crippen LogP contribution >= 0.6 is 11.3 Å². The molecule has 2 aromatic heterocycles. The minimum Gasteiger partial charge on any atom is -0.267 e. The van der Waals surface area contributed by atoms with Crippen LogP contribution in [0, 0.1) is 11.3 Å². The number of amides is 2. The van der Waals surface area contributed by atoms with Crippen LogP contribution in [0.2, 0.25) is 0 Å². The number of rotatable bonds is 2. The molecule has 6 heteroatoms. The van der Waals surface area contributed by atoms with Gasteiger partial charge >= 0.3 is 0 Å². The van der Waals surface area contributed by atoms with E-state index in [0.29, 0.717) is 16.4 Å². The van der Waals surface area contributed by atoms with E-state index in [2.05, 4.69) is 36.6 Å². The van der Waals surface area contributed by atoms with Gasteiger partial charge < -0.3 is 0 Å². The first-order chi connectivity index (χ1) is 11.8. The van der Waals surface area contributed by atoms with Crippen molar-refractivity contribution in [2.45, 2.75) is 40.0 Å². The van der Waals surface area contributed by atoms with Crippen molar-refractivity contribution in [3.8, 4) is 0 Å². The van der Waals surface area contributed by atoms with Gasteiger partial charge in [-0.15, -0.1) is 11.3 Å². The van der Waals surface area contributed by atoms with Gasteiger partial charge in [0, 0.05) is 17.3 Å². The van der Waals surface area contributed by atoms with Crippen LogP contribution in [0.3, 0.4) is 0 Å². The summed E-state index contributed by atoms with van der Waals surface area (Å²) in [6.07, 6.45) is 6.26. The molecular weight excluding hydrogens is 334 g/mol. The number of carbonyl (C=O) groups excluding carboxylic acids is 2. The molecule has 0 aromatic carbocycles. The van der Waals surface area contributed by atoms with Crippen molar-refractivity contribution in [3.05, 3.63) is 51.5 Å². The lowest BCUT2D eigenvalue weighted by Crippen LogP contribution is -2.41. The highest BCUT2D eigenvalue weighted by molar-refractivity contribution is 7.14. The van der Waals surface area contributed by atoms with Crippen molar-refractivity contribution < 1.29 is 9.59 Å².